The fourth-order valence-electron chi connectivity index (χ4n) is 2.59. The van der Waals surface area contributed by atoms with Gasteiger partial charge in [0.05, 0.1) is 32.5 Å². The van der Waals surface area contributed by atoms with Gasteiger partial charge in [0.15, 0.2) is 18.0 Å². The lowest BCUT2D eigenvalue weighted by Gasteiger charge is -2.15. The van der Waals surface area contributed by atoms with Crippen molar-refractivity contribution in [2.45, 2.75) is 6.54 Å². The number of likely N-dealkylation sites (N-methyl/N-ethyl adjacent to an activating group) is 1. The van der Waals surface area contributed by atoms with Crippen molar-refractivity contribution in [2.24, 2.45) is 0 Å². The molecule has 0 radical (unpaired) electrons. The van der Waals surface area contributed by atoms with Gasteiger partial charge in [0.2, 0.25) is 0 Å². The van der Waals surface area contributed by atoms with Gasteiger partial charge in [0.25, 0.3) is 5.91 Å². The van der Waals surface area contributed by atoms with Gasteiger partial charge in [-0.25, -0.2) is 0 Å². The Bertz CT molecular complexity index is 833. The Morgan fingerprint density at radius 3 is 2.58 bits per heavy atom. The van der Waals surface area contributed by atoms with E-state index in [1.165, 1.54) is 0 Å². The van der Waals surface area contributed by atoms with Crippen LogP contribution in [-0.4, -0.2) is 33.7 Å². The number of amides is 1. The van der Waals surface area contributed by atoms with Gasteiger partial charge in [-0.15, -0.1) is 0 Å². The zero-order chi connectivity index (χ0) is 19.1. The summed E-state index contributed by atoms with van der Waals surface area (Å²) >= 11 is 5.94. The number of quaternary nitrogens is 1. The third kappa shape index (κ3) is 5.12. The van der Waals surface area contributed by atoms with E-state index >= 15 is 0 Å². The van der Waals surface area contributed by atoms with Crippen LogP contribution in [0.5, 0.6) is 11.5 Å². The topological polar surface area (TPSA) is 75.8 Å². The molecule has 0 saturated heterocycles. The molecule has 2 aromatic rings. The number of methoxy groups -OCH3 is 2. The Hall–Kier alpha value is -2.75. The van der Waals surface area contributed by atoms with Crippen molar-refractivity contribution in [3.63, 3.8) is 0 Å². The molecule has 0 spiro atoms. The lowest BCUT2D eigenvalue weighted by atomic mass is 10.2. The first-order chi connectivity index (χ1) is 12.5. The fraction of sp³-hybridized carbons (Fsp3) is 0.263. The molecule has 0 heterocycles. The van der Waals surface area contributed by atoms with E-state index in [1.54, 1.807) is 32.4 Å². The quantitative estimate of drug-likeness (QED) is 0.776. The van der Waals surface area contributed by atoms with Crippen LogP contribution < -0.4 is 19.7 Å². The first kappa shape index (κ1) is 19.6. The molecule has 26 heavy (non-hydrogen) atoms. The monoisotopic (exact) mass is 374 g/mol. The maximum absolute atomic E-state index is 12.3. The van der Waals surface area contributed by atoms with Crippen LogP contribution in [0.25, 0.3) is 0 Å². The predicted octanol–water partition coefficient (Wildman–Crippen LogP) is 1.88. The van der Waals surface area contributed by atoms with Crippen molar-refractivity contribution < 1.29 is 19.2 Å². The highest BCUT2D eigenvalue weighted by molar-refractivity contribution is 6.31. The standard InChI is InChI=1S/C19H20ClN3O3/c1-23(11-13-4-7-17(25-2)18(8-13)26-3)12-19(24)22-16-9-15(20)6-5-14(16)10-21/h4-9H,11-12H2,1-3H3,(H,22,24)/p+1. The Labute approximate surface area is 157 Å². The van der Waals surface area contributed by atoms with E-state index in [4.69, 9.17) is 26.3 Å². The maximum atomic E-state index is 12.3. The fourth-order valence-corrected chi connectivity index (χ4v) is 2.76. The van der Waals surface area contributed by atoms with E-state index in [0.717, 1.165) is 10.5 Å². The van der Waals surface area contributed by atoms with Crippen LogP contribution in [0.2, 0.25) is 5.02 Å². The molecular weight excluding hydrogens is 354 g/mol. The summed E-state index contributed by atoms with van der Waals surface area (Å²) in [6.45, 7) is 0.875. The number of hydrogen-bond donors (Lipinski definition) is 2. The molecule has 0 saturated carbocycles. The minimum Gasteiger partial charge on any atom is -0.493 e. The van der Waals surface area contributed by atoms with Gasteiger partial charge in [-0.2, -0.15) is 5.26 Å². The van der Waals surface area contributed by atoms with Crippen LogP contribution in [-0.2, 0) is 11.3 Å². The summed E-state index contributed by atoms with van der Waals surface area (Å²) < 4.78 is 10.5. The SMILES string of the molecule is COc1ccc(C[NH+](C)CC(=O)Nc2cc(Cl)ccc2C#N)cc1OC. The van der Waals surface area contributed by atoms with E-state index in [-0.39, 0.29) is 12.5 Å². The van der Waals surface area contributed by atoms with Gasteiger partial charge in [-0.3, -0.25) is 4.79 Å². The molecule has 0 bridgehead atoms. The number of halogens is 1. The van der Waals surface area contributed by atoms with E-state index in [0.29, 0.717) is 34.3 Å². The lowest BCUT2D eigenvalue weighted by molar-refractivity contribution is -0.885. The summed E-state index contributed by atoms with van der Waals surface area (Å²) in [5, 5.41) is 12.3. The maximum Gasteiger partial charge on any atom is 0.279 e. The molecule has 2 rings (SSSR count). The second kappa shape index (κ2) is 9.09. The van der Waals surface area contributed by atoms with Crippen molar-refractivity contribution in [3.05, 3.63) is 52.5 Å². The number of anilines is 1. The number of hydrogen-bond acceptors (Lipinski definition) is 4. The largest absolute Gasteiger partial charge is 0.493 e. The minimum absolute atomic E-state index is 0.193. The van der Waals surface area contributed by atoms with Gasteiger partial charge >= 0.3 is 0 Å². The van der Waals surface area contributed by atoms with E-state index in [1.807, 2.05) is 31.3 Å². The molecule has 0 aliphatic rings. The highest BCUT2D eigenvalue weighted by Crippen LogP contribution is 2.27. The first-order valence-corrected chi connectivity index (χ1v) is 8.36. The molecule has 2 N–H and O–H groups in total. The summed E-state index contributed by atoms with van der Waals surface area (Å²) in [7, 11) is 5.09. The number of ether oxygens (including phenoxy) is 2. The zero-order valence-corrected chi connectivity index (χ0v) is 15.7. The molecule has 6 nitrogen and oxygen atoms in total. The molecule has 0 fully saturated rings. The number of nitrogens with zero attached hydrogens (tertiary/aromatic N) is 1. The zero-order valence-electron chi connectivity index (χ0n) is 14.9. The van der Waals surface area contributed by atoms with Gasteiger partial charge in [-0.05, 0) is 36.4 Å². The van der Waals surface area contributed by atoms with Crippen LogP contribution in [0.4, 0.5) is 5.69 Å². The lowest BCUT2D eigenvalue weighted by Crippen LogP contribution is -3.08. The van der Waals surface area contributed by atoms with Crippen molar-refractivity contribution in [1.82, 2.24) is 0 Å². The third-order valence-corrected chi connectivity index (χ3v) is 4.03. The van der Waals surface area contributed by atoms with Crippen LogP contribution in [0.3, 0.4) is 0 Å². The molecule has 1 unspecified atom stereocenters. The summed E-state index contributed by atoms with van der Waals surface area (Å²) in [4.78, 5) is 13.3. The number of nitriles is 1. The van der Waals surface area contributed by atoms with Crippen molar-refractivity contribution in [1.29, 1.82) is 5.26 Å². The first-order valence-electron chi connectivity index (χ1n) is 7.98. The van der Waals surface area contributed by atoms with Crippen molar-refractivity contribution >= 4 is 23.2 Å². The van der Waals surface area contributed by atoms with Crippen molar-refractivity contribution in [3.8, 4) is 17.6 Å². The van der Waals surface area contributed by atoms with Crippen LogP contribution in [0, 0.1) is 11.3 Å². The van der Waals surface area contributed by atoms with E-state index < -0.39 is 0 Å². The summed E-state index contributed by atoms with van der Waals surface area (Å²) in [5.41, 5.74) is 1.82. The molecule has 7 heteroatoms. The normalized spacial score (nSPS) is 11.3. The van der Waals surface area contributed by atoms with Gasteiger partial charge in [0.1, 0.15) is 12.6 Å². The number of benzene rings is 2. The number of nitrogens with one attached hydrogen (secondary N) is 2. The number of carbonyl (C=O) groups is 1. The van der Waals surface area contributed by atoms with Crippen LogP contribution in [0.15, 0.2) is 36.4 Å². The van der Waals surface area contributed by atoms with Gasteiger partial charge in [0, 0.05) is 10.6 Å². The van der Waals surface area contributed by atoms with Crippen LogP contribution >= 0.6 is 11.6 Å². The predicted molar refractivity (Wildman–Crippen MR) is 99.8 cm³/mol. The van der Waals surface area contributed by atoms with Gasteiger partial charge < -0.3 is 19.7 Å². The Balaban J connectivity index is 2.00. The second-order valence-electron chi connectivity index (χ2n) is 5.85. The average molecular weight is 375 g/mol. The Kier molecular flexibility index (Phi) is 6.84. The highest BCUT2D eigenvalue weighted by atomic mass is 35.5. The van der Waals surface area contributed by atoms with E-state index in [2.05, 4.69) is 5.32 Å². The molecule has 2 aromatic carbocycles. The van der Waals surface area contributed by atoms with Crippen molar-refractivity contribution in [2.75, 3.05) is 33.1 Å². The van der Waals surface area contributed by atoms with Crippen LogP contribution in [0.1, 0.15) is 11.1 Å². The Morgan fingerprint density at radius 2 is 1.92 bits per heavy atom. The number of rotatable bonds is 7. The summed E-state index contributed by atoms with van der Waals surface area (Å²) in [6, 6.07) is 12.5. The van der Waals surface area contributed by atoms with Gasteiger partial charge in [-0.1, -0.05) is 11.6 Å². The highest BCUT2D eigenvalue weighted by Gasteiger charge is 2.14. The summed E-state index contributed by atoms with van der Waals surface area (Å²) in [5.74, 6) is 1.12. The molecular formula is C19H21ClN3O3+. The molecule has 0 aromatic heterocycles. The second-order valence-corrected chi connectivity index (χ2v) is 6.29. The third-order valence-electron chi connectivity index (χ3n) is 3.79. The molecule has 0 aliphatic heterocycles. The minimum atomic E-state index is -0.193. The molecule has 0 aliphatic carbocycles. The van der Waals surface area contributed by atoms with E-state index in [9.17, 15) is 4.79 Å². The molecule has 1 atom stereocenters. The number of carbonyl (C=O) groups excluding carboxylic acids is 1. The smallest absolute Gasteiger partial charge is 0.279 e. The molecule has 136 valence electrons. The molecule has 1 amide bonds. The average Bonchev–Trinajstić information content (AvgIpc) is 2.61. The summed E-state index contributed by atoms with van der Waals surface area (Å²) in [6.07, 6.45) is 0. The Morgan fingerprint density at radius 1 is 1.19 bits per heavy atom.